The maximum atomic E-state index is 14.0. The number of ether oxygens (including phenoxy) is 1. The fourth-order valence-corrected chi connectivity index (χ4v) is 10.4. The van der Waals surface area contributed by atoms with Crippen LogP contribution >= 0.6 is 23.1 Å². The molecule has 0 atom stereocenters. The summed E-state index contributed by atoms with van der Waals surface area (Å²) in [6.07, 6.45) is 10.1. The van der Waals surface area contributed by atoms with Crippen LogP contribution in [-0.2, 0) is 37.3 Å². The average Bonchev–Trinajstić information content (AvgIpc) is 4.07. The minimum atomic E-state index is -0.650. The smallest absolute Gasteiger partial charge is 0.269 e. The molecule has 1 saturated carbocycles. The molecular weight excluding hydrogens is 905 g/mol. The van der Waals surface area contributed by atoms with Crippen LogP contribution in [0.5, 0.6) is 5.75 Å². The van der Waals surface area contributed by atoms with E-state index < -0.39 is 11.8 Å². The summed E-state index contributed by atoms with van der Waals surface area (Å²) in [6, 6.07) is 8.36. The Morgan fingerprint density at radius 1 is 0.882 bits per heavy atom. The normalized spacial score (nSPS) is 14.6. The molecule has 18 nitrogen and oxygen atoms in total. The van der Waals surface area contributed by atoms with Crippen molar-refractivity contribution < 1.29 is 28.7 Å². The van der Waals surface area contributed by atoms with Crippen molar-refractivity contribution in [3.63, 3.8) is 0 Å². The number of imidazole rings is 2. The van der Waals surface area contributed by atoms with E-state index in [-0.39, 0.29) is 48.0 Å². The van der Waals surface area contributed by atoms with Crippen molar-refractivity contribution in [1.82, 2.24) is 43.7 Å². The first-order valence-corrected chi connectivity index (χ1v) is 25.2. The van der Waals surface area contributed by atoms with Gasteiger partial charge in [-0.15, -0.1) is 23.1 Å². The molecule has 0 unspecified atom stereocenters. The molecule has 5 heterocycles. The van der Waals surface area contributed by atoms with Crippen LogP contribution in [0.15, 0.2) is 47.4 Å². The molecule has 5 N–H and O–H groups in total. The van der Waals surface area contributed by atoms with Gasteiger partial charge in [0.25, 0.3) is 5.91 Å². The Morgan fingerprint density at radius 3 is 2.22 bits per heavy atom. The van der Waals surface area contributed by atoms with Gasteiger partial charge in [-0.2, -0.15) is 5.10 Å². The number of nitrogens with one attached hydrogen (secondary N) is 1. The number of Topliss-reactive ketones (excluding diaryl/α,β-unsaturated/α-hetero) is 1. The Hall–Kier alpha value is -6.38. The lowest BCUT2D eigenvalue weighted by atomic mass is 9.84. The predicted molar refractivity (Wildman–Crippen MR) is 263 cm³/mol. The third kappa shape index (κ3) is 10.2. The van der Waals surface area contributed by atoms with Crippen molar-refractivity contribution in [2.24, 2.45) is 17.4 Å². The van der Waals surface area contributed by atoms with Crippen LogP contribution in [-0.4, -0.2) is 119 Å². The second-order valence-electron chi connectivity index (χ2n) is 17.2. The number of carbonyl (C=O) groups is 5. The van der Waals surface area contributed by atoms with Gasteiger partial charge in [0, 0.05) is 74.3 Å². The lowest BCUT2D eigenvalue weighted by Gasteiger charge is -2.38. The second kappa shape index (κ2) is 20.9. The monoisotopic (exact) mass is 962 g/mol. The van der Waals surface area contributed by atoms with Gasteiger partial charge in [0.05, 0.1) is 46.0 Å². The Morgan fingerprint density at radius 2 is 1.57 bits per heavy atom. The fourth-order valence-electron chi connectivity index (χ4n) is 8.89. The summed E-state index contributed by atoms with van der Waals surface area (Å²) in [5.74, 6) is -0.150. The highest BCUT2D eigenvalue weighted by Gasteiger charge is 2.31. The highest BCUT2D eigenvalue weighted by Crippen LogP contribution is 2.34. The van der Waals surface area contributed by atoms with Crippen molar-refractivity contribution in [2.75, 3.05) is 50.9 Å². The van der Waals surface area contributed by atoms with Gasteiger partial charge in [0.1, 0.15) is 27.7 Å². The molecule has 2 fully saturated rings. The molecule has 358 valence electrons. The largest absolute Gasteiger partial charge is 0.491 e. The van der Waals surface area contributed by atoms with Gasteiger partial charge in [0.15, 0.2) is 5.78 Å². The summed E-state index contributed by atoms with van der Waals surface area (Å²) in [7, 11) is 0. The molecule has 4 amide bonds. The number of primary amides is 2. The van der Waals surface area contributed by atoms with Crippen LogP contribution in [0.1, 0.15) is 103 Å². The number of piperazine rings is 1. The number of hydrogen-bond donors (Lipinski definition) is 3. The highest BCUT2D eigenvalue weighted by atomic mass is 32.2. The fraction of sp³-hybridized carbons (Fsp3) is 0.438. The molecule has 0 radical (unpaired) electrons. The van der Waals surface area contributed by atoms with Crippen LogP contribution in [0.25, 0.3) is 22.1 Å². The number of fused-ring (bicyclic) bond motifs is 2. The van der Waals surface area contributed by atoms with E-state index in [0.29, 0.717) is 82.5 Å². The summed E-state index contributed by atoms with van der Waals surface area (Å²) < 4.78 is 12.0. The van der Waals surface area contributed by atoms with Gasteiger partial charge in [-0.1, -0.05) is 25.5 Å². The summed E-state index contributed by atoms with van der Waals surface area (Å²) in [5.41, 5.74) is 16.2. The maximum absolute atomic E-state index is 14.0. The number of carbonyl (C=O) groups excluding carboxylic acids is 5. The zero-order valence-electron chi connectivity index (χ0n) is 39.2. The topological polar surface area (TPSA) is 231 Å². The molecule has 1 aliphatic heterocycles. The van der Waals surface area contributed by atoms with E-state index in [1.807, 2.05) is 60.1 Å². The Kier molecular flexibility index (Phi) is 14.8. The van der Waals surface area contributed by atoms with Crippen molar-refractivity contribution in [1.29, 1.82) is 0 Å². The molecule has 68 heavy (non-hydrogen) atoms. The number of thioether (sulfide) groups is 1. The third-order valence-corrected chi connectivity index (χ3v) is 14.4. The first-order valence-electron chi connectivity index (χ1n) is 23.1. The third-order valence-electron chi connectivity index (χ3n) is 12.6. The number of nitrogens with two attached hydrogens (primary N) is 2. The van der Waals surface area contributed by atoms with Crippen molar-refractivity contribution >= 4 is 80.5 Å². The second-order valence-corrected chi connectivity index (χ2v) is 19.2. The van der Waals surface area contributed by atoms with Crippen LogP contribution in [0, 0.1) is 19.8 Å². The van der Waals surface area contributed by atoms with E-state index in [9.17, 15) is 24.0 Å². The highest BCUT2D eigenvalue weighted by molar-refractivity contribution is 7.98. The van der Waals surface area contributed by atoms with E-state index in [2.05, 4.69) is 20.3 Å². The van der Waals surface area contributed by atoms with Crippen LogP contribution in [0.3, 0.4) is 0 Å². The summed E-state index contributed by atoms with van der Waals surface area (Å²) >= 11 is 2.75. The number of benzene rings is 2. The molecule has 0 bridgehead atoms. The standard InChI is InChI=1S/C48H58N12O6S2/c1-6-33-43(68-29(4)51-33)46(64)54-48-53-34-23-31(44(49)62)25-38(66-21-11-14-56-17-19-57(20-18-56)47(65)30-12-10-13-30)41(34)59(48)16-9-8-15-58-40(27-37(61)36-22-28(3)55-60(36)7-2)52-35-24-32(45(50)63)26-39(67-5)42(35)58/h8-9,22-26,30H,6-7,10-21,27H2,1-5H3,(H2,49,62)(H2,50,63)(H,53,54,64)/b9-8+. The summed E-state index contributed by atoms with van der Waals surface area (Å²) in [4.78, 5) is 85.6. The van der Waals surface area contributed by atoms with Gasteiger partial charge < -0.3 is 30.2 Å². The number of anilines is 1. The number of rotatable bonds is 20. The first-order chi connectivity index (χ1) is 32.8. The number of aryl methyl sites for hydroxylation is 4. The maximum Gasteiger partial charge on any atom is 0.269 e. The number of hydrogen-bond acceptors (Lipinski definition) is 13. The van der Waals surface area contributed by atoms with Crippen LogP contribution in [0.4, 0.5) is 5.95 Å². The molecule has 20 heteroatoms. The van der Waals surface area contributed by atoms with Crippen LogP contribution in [0.2, 0.25) is 0 Å². The van der Waals surface area contributed by atoms with E-state index in [1.165, 1.54) is 23.1 Å². The SMILES string of the molecule is CCc1nc(C)sc1C(=O)Nc1nc2cc(C(N)=O)cc(OCCCN3CCN(C(=O)C4CCC4)CC3)c2n1C/C=C/Cn1c(CC(=O)c2cc(C)nn2CC)nc2cc(C(N)=O)cc(SC)c21. The van der Waals surface area contributed by atoms with E-state index >= 15 is 0 Å². The number of thiazole rings is 1. The van der Waals surface area contributed by atoms with Crippen molar-refractivity contribution in [2.45, 2.75) is 90.7 Å². The first kappa shape index (κ1) is 48.1. The van der Waals surface area contributed by atoms with Gasteiger partial charge in [-0.3, -0.25) is 38.9 Å². The lowest BCUT2D eigenvalue weighted by molar-refractivity contribution is -0.140. The van der Waals surface area contributed by atoms with Gasteiger partial charge in [0.2, 0.25) is 23.7 Å². The summed E-state index contributed by atoms with van der Waals surface area (Å²) in [6.45, 7) is 12.7. The van der Waals surface area contributed by atoms with Gasteiger partial charge in [-0.05, 0) is 83.0 Å². The Balaban J connectivity index is 1.09. The number of ketones is 1. The zero-order valence-corrected chi connectivity index (χ0v) is 40.8. The van der Waals surface area contributed by atoms with E-state index in [4.69, 9.17) is 26.2 Å². The number of allylic oxidation sites excluding steroid dienone is 2. The number of amides is 4. The van der Waals surface area contributed by atoms with Gasteiger partial charge >= 0.3 is 0 Å². The molecule has 0 spiro atoms. The zero-order chi connectivity index (χ0) is 48.2. The van der Waals surface area contributed by atoms with Crippen molar-refractivity contribution in [3.05, 3.63) is 86.4 Å². The molecular formula is C48H58N12O6S2. The predicted octanol–water partition coefficient (Wildman–Crippen LogP) is 5.81. The van der Waals surface area contributed by atoms with Gasteiger partial charge in [-0.25, -0.2) is 15.0 Å². The minimum Gasteiger partial charge on any atom is -0.491 e. The molecule has 4 aromatic heterocycles. The molecule has 2 aliphatic rings. The number of aromatic nitrogens is 7. The quantitative estimate of drug-likeness (QED) is 0.0357. The molecule has 8 rings (SSSR count). The lowest BCUT2D eigenvalue weighted by Crippen LogP contribution is -2.51. The van der Waals surface area contributed by atoms with Crippen molar-refractivity contribution in [3.8, 4) is 5.75 Å². The Bertz CT molecular complexity index is 2940. The van der Waals surface area contributed by atoms with E-state index in [0.717, 1.165) is 73.1 Å². The average molecular weight is 963 g/mol. The molecule has 6 aromatic rings. The molecule has 2 aromatic carbocycles. The number of nitrogens with zero attached hydrogens (tertiary/aromatic N) is 9. The molecule has 1 aliphatic carbocycles. The van der Waals surface area contributed by atoms with Crippen LogP contribution < -0.4 is 21.5 Å². The summed E-state index contributed by atoms with van der Waals surface area (Å²) in [5, 5.41) is 8.26. The Labute approximate surface area is 402 Å². The molecule has 1 saturated heterocycles. The van der Waals surface area contributed by atoms with E-state index in [1.54, 1.807) is 35.0 Å². The minimum absolute atomic E-state index is 0.0221.